The minimum Gasteiger partial charge on any atom is -0.434 e. The number of ether oxygens (including phenoxy) is 1. The predicted molar refractivity (Wildman–Crippen MR) is 66.1 cm³/mol. The summed E-state index contributed by atoms with van der Waals surface area (Å²) in [4.78, 5) is 4.17. The molecule has 0 atom stereocenters. The van der Waals surface area contributed by atoms with Gasteiger partial charge in [0.2, 0.25) is 5.95 Å². The summed E-state index contributed by atoms with van der Waals surface area (Å²) in [5.41, 5.74) is 0.628. The van der Waals surface area contributed by atoms with Gasteiger partial charge in [0.15, 0.2) is 0 Å². The van der Waals surface area contributed by atoms with Gasteiger partial charge in [-0.1, -0.05) is 18.2 Å². The minimum atomic E-state index is -2.83. The molecular formula is C12H14F2N4O. The zero-order valence-corrected chi connectivity index (χ0v) is 10.6. The SMILES string of the molecule is Cc1nc(NCc2ccccc2OC(F)F)n(C)n1. The first-order valence-electron chi connectivity index (χ1n) is 5.70. The van der Waals surface area contributed by atoms with Crippen molar-refractivity contribution in [3.63, 3.8) is 0 Å². The van der Waals surface area contributed by atoms with E-state index in [2.05, 4.69) is 20.1 Å². The molecule has 0 saturated carbocycles. The van der Waals surface area contributed by atoms with E-state index in [1.165, 1.54) is 6.07 Å². The van der Waals surface area contributed by atoms with Crippen LogP contribution in [-0.2, 0) is 13.6 Å². The van der Waals surface area contributed by atoms with Gasteiger partial charge in [-0.25, -0.2) is 4.68 Å². The van der Waals surface area contributed by atoms with Crippen LogP contribution in [0.2, 0.25) is 0 Å². The molecule has 0 fully saturated rings. The summed E-state index contributed by atoms with van der Waals surface area (Å²) >= 11 is 0. The highest BCUT2D eigenvalue weighted by Gasteiger charge is 2.10. The lowest BCUT2D eigenvalue weighted by atomic mass is 10.2. The van der Waals surface area contributed by atoms with Gasteiger partial charge in [0.25, 0.3) is 0 Å². The van der Waals surface area contributed by atoms with Crippen molar-refractivity contribution >= 4 is 5.95 Å². The first-order valence-corrected chi connectivity index (χ1v) is 5.70. The summed E-state index contributed by atoms with van der Waals surface area (Å²) in [6.07, 6.45) is 0. The van der Waals surface area contributed by atoms with Gasteiger partial charge in [-0.2, -0.15) is 18.9 Å². The molecule has 1 aromatic carbocycles. The van der Waals surface area contributed by atoms with Crippen LogP contribution in [0.25, 0.3) is 0 Å². The van der Waals surface area contributed by atoms with Crippen molar-refractivity contribution in [2.75, 3.05) is 5.32 Å². The van der Waals surface area contributed by atoms with Gasteiger partial charge in [-0.15, -0.1) is 0 Å². The van der Waals surface area contributed by atoms with Crippen molar-refractivity contribution < 1.29 is 13.5 Å². The normalized spacial score (nSPS) is 10.8. The lowest BCUT2D eigenvalue weighted by Gasteiger charge is -2.11. The second-order valence-electron chi connectivity index (χ2n) is 3.95. The van der Waals surface area contributed by atoms with Crippen LogP contribution in [0.5, 0.6) is 5.75 Å². The van der Waals surface area contributed by atoms with Crippen LogP contribution in [0.4, 0.5) is 14.7 Å². The number of alkyl halides is 2. The fourth-order valence-corrected chi connectivity index (χ4v) is 1.70. The third-order valence-electron chi connectivity index (χ3n) is 2.49. The molecule has 0 unspecified atom stereocenters. The largest absolute Gasteiger partial charge is 0.434 e. The Morgan fingerprint density at radius 3 is 2.74 bits per heavy atom. The third kappa shape index (κ3) is 3.40. The van der Waals surface area contributed by atoms with Gasteiger partial charge in [-0.3, -0.25) is 0 Å². The summed E-state index contributed by atoms with van der Waals surface area (Å²) in [7, 11) is 1.75. The monoisotopic (exact) mass is 268 g/mol. The van der Waals surface area contributed by atoms with Gasteiger partial charge < -0.3 is 10.1 Å². The quantitative estimate of drug-likeness (QED) is 0.904. The van der Waals surface area contributed by atoms with Crippen molar-refractivity contribution in [3.8, 4) is 5.75 Å². The number of hydrogen-bond acceptors (Lipinski definition) is 4. The lowest BCUT2D eigenvalue weighted by Crippen LogP contribution is -2.09. The van der Waals surface area contributed by atoms with Gasteiger partial charge in [0.05, 0.1) is 0 Å². The number of rotatable bonds is 5. The fraction of sp³-hybridized carbons (Fsp3) is 0.333. The van der Waals surface area contributed by atoms with Crippen LogP contribution in [0.1, 0.15) is 11.4 Å². The first-order chi connectivity index (χ1) is 9.06. The second-order valence-corrected chi connectivity index (χ2v) is 3.95. The average Bonchev–Trinajstić information content (AvgIpc) is 2.66. The molecule has 0 bridgehead atoms. The molecule has 2 rings (SSSR count). The molecule has 0 aliphatic rings. The Morgan fingerprint density at radius 2 is 2.11 bits per heavy atom. The van der Waals surface area contributed by atoms with E-state index in [0.717, 1.165) is 0 Å². The first kappa shape index (κ1) is 13.3. The van der Waals surface area contributed by atoms with Crippen molar-refractivity contribution in [3.05, 3.63) is 35.7 Å². The standard InChI is InChI=1S/C12H14F2N4O/c1-8-16-12(18(2)17-8)15-7-9-5-3-4-6-10(9)19-11(13)14/h3-6,11H,7H2,1-2H3,(H,15,16,17). The predicted octanol–water partition coefficient (Wildman–Crippen LogP) is 2.34. The smallest absolute Gasteiger partial charge is 0.387 e. The van der Waals surface area contributed by atoms with E-state index in [9.17, 15) is 8.78 Å². The van der Waals surface area contributed by atoms with Crippen LogP contribution in [0.15, 0.2) is 24.3 Å². The van der Waals surface area contributed by atoms with Crippen molar-refractivity contribution in [2.45, 2.75) is 20.1 Å². The molecule has 1 heterocycles. The number of nitrogens with one attached hydrogen (secondary N) is 1. The highest BCUT2D eigenvalue weighted by Crippen LogP contribution is 2.21. The molecule has 0 amide bonds. The Morgan fingerprint density at radius 1 is 1.37 bits per heavy atom. The molecule has 5 nitrogen and oxygen atoms in total. The molecule has 2 aromatic rings. The maximum Gasteiger partial charge on any atom is 0.387 e. The molecule has 0 spiro atoms. The molecule has 7 heteroatoms. The fourth-order valence-electron chi connectivity index (χ4n) is 1.70. The number of para-hydroxylation sites is 1. The van der Waals surface area contributed by atoms with Gasteiger partial charge in [-0.05, 0) is 13.0 Å². The number of halogens is 2. The van der Waals surface area contributed by atoms with E-state index in [1.807, 2.05) is 0 Å². The van der Waals surface area contributed by atoms with E-state index >= 15 is 0 Å². The summed E-state index contributed by atoms with van der Waals surface area (Å²) in [6, 6.07) is 6.63. The number of benzene rings is 1. The zero-order valence-electron chi connectivity index (χ0n) is 10.6. The maximum atomic E-state index is 12.3. The van der Waals surface area contributed by atoms with Crippen LogP contribution < -0.4 is 10.1 Å². The summed E-state index contributed by atoms with van der Waals surface area (Å²) in [5, 5.41) is 7.11. The Bertz CT molecular complexity index is 556. The van der Waals surface area contributed by atoms with Crippen molar-refractivity contribution in [1.82, 2.24) is 14.8 Å². The lowest BCUT2D eigenvalue weighted by molar-refractivity contribution is -0.0504. The molecule has 1 N–H and O–H groups in total. The number of hydrogen-bond donors (Lipinski definition) is 1. The van der Waals surface area contributed by atoms with Crippen molar-refractivity contribution in [1.29, 1.82) is 0 Å². The molecule has 0 aliphatic carbocycles. The van der Waals surface area contributed by atoms with E-state index in [0.29, 0.717) is 23.9 Å². The second kappa shape index (κ2) is 5.64. The molecule has 0 aliphatic heterocycles. The number of aryl methyl sites for hydroxylation is 2. The Balaban J connectivity index is 2.09. The highest BCUT2D eigenvalue weighted by atomic mass is 19.3. The number of nitrogens with zero attached hydrogens (tertiary/aromatic N) is 3. The van der Waals surface area contributed by atoms with Crippen LogP contribution in [0.3, 0.4) is 0 Å². The van der Waals surface area contributed by atoms with Gasteiger partial charge in [0, 0.05) is 19.2 Å². The third-order valence-corrected chi connectivity index (χ3v) is 2.49. The van der Waals surface area contributed by atoms with Crippen molar-refractivity contribution in [2.24, 2.45) is 7.05 Å². The van der Waals surface area contributed by atoms with Gasteiger partial charge >= 0.3 is 6.61 Å². The Hall–Kier alpha value is -2.18. The molecule has 19 heavy (non-hydrogen) atoms. The van der Waals surface area contributed by atoms with E-state index in [-0.39, 0.29) is 5.75 Å². The average molecular weight is 268 g/mol. The van der Waals surface area contributed by atoms with Crippen LogP contribution >= 0.6 is 0 Å². The summed E-state index contributed by atoms with van der Waals surface area (Å²) in [5.74, 6) is 1.37. The Kier molecular flexibility index (Phi) is 3.94. The summed E-state index contributed by atoms with van der Waals surface area (Å²) in [6.45, 7) is -0.730. The Labute approximate surface area is 109 Å². The molecule has 0 saturated heterocycles. The number of aromatic nitrogens is 3. The summed E-state index contributed by atoms with van der Waals surface area (Å²) < 4.78 is 30.6. The highest BCUT2D eigenvalue weighted by molar-refractivity contribution is 5.37. The molecule has 0 radical (unpaired) electrons. The van der Waals surface area contributed by atoms with E-state index in [1.54, 1.807) is 36.9 Å². The number of anilines is 1. The van der Waals surface area contributed by atoms with Crippen LogP contribution in [0, 0.1) is 6.92 Å². The van der Waals surface area contributed by atoms with E-state index < -0.39 is 6.61 Å². The topological polar surface area (TPSA) is 52.0 Å². The molecular weight excluding hydrogens is 254 g/mol. The molecule has 1 aromatic heterocycles. The van der Waals surface area contributed by atoms with Crippen LogP contribution in [-0.4, -0.2) is 21.4 Å². The van der Waals surface area contributed by atoms with Gasteiger partial charge in [0.1, 0.15) is 11.6 Å². The zero-order chi connectivity index (χ0) is 13.8. The minimum absolute atomic E-state index is 0.156. The maximum absolute atomic E-state index is 12.3. The van der Waals surface area contributed by atoms with E-state index in [4.69, 9.17) is 0 Å². The molecule has 102 valence electrons.